The average molecular weight is 223 g/mol. The van der Waals surface area contributed by atoms with Gasteiger partial charge in [0.05, 0.1) is 0 Å². The van der Waals surface area contributed by atoms with Crippen molar-refractivity contribution in [2.45, 2.75) is 39.7 Å². The lowest BCUT2D eigenvalue weighted by molar-refractivity contribution is 0.0532. The Labute approximate surface area is 97.2 Å². The quantitative estimate of drug-likeness (QED) is 0.798. The molecule has 0 saturated carbocycles. The molecule has 0 fully saturated rings. The van der Waals surface area contributed by atoms with Crippen molar-refractivity contribution >= 4 is 0 Å². The minimum absolute atomic E-state index is 0.00132. The minimum Gasteiger partial charge on any atom is -0.371 e. The fourth-order valence-corrected chi connectivity index (χ4v) is 1.65. The Balaban J connectivity index is 2.92. The topological polar surface area (TPSA) is 61.0 Å². The van der Waals surface area contributed by atoms with Crippen LogP contribution in [0.4, 0.5) is 0 Å². The third-order valence-electron chi connectivity index (χ3n) is 2.35. The first-order valence-electron chi connectivity index (χ1n) is 5.87. The van der Waals surface area contributed by atoms with E-state index >= 15 is 0 Å². The maximum Gasteiger partial charge on any atom is 0.157 e. The molecule has 16 heavy (non-hydrogen) atoms. The van der Waals surface area contributed by atoms with E-state index in [2.05, 4.69) is 16.9 Å². The molecule has 0 saturated heterocycles. The molecule has 2 N–H and O–H groups in total. The summed E-state index contributed by atoms with van der Waals surface area (Å²) < 4.78 is 5.61. The van der Waals surface area contributed by atoms with Crippen molar-refractivity contribution in [2.24, 2.45) is 5.73 Å². The van der Waals surface area contributed by atoms with Crippen molar-refractivity contribution in [2.75, 3.05) is 13.2 Å². The zero-order chi connectivity index (χ0) is 12.0. The Kier molecular flexibility index (Phi) is 5.35. The van der Waals surface area contributed by atoms with Gasteiger partial charge >= 0.3 is 0 Å². The Morgan fingerprint density at radius 1 is 1.38 bits per heavy atom. The molecule has 1 unspecified atom stereocenters. The van der Waals surface area contributed by atoms with Gasteiger partial charge in [-0.2, -0.15) is 0 Å². The van der Waals surface area contributed by atoms with Gasteiger partial charge in [-0.05, 0) is 32.9 Å². The third kappa shape index (κ3) is 3.54. The summed E-state index contributed by atoms with van der Waals surface area (Å²) >= 11 is 0. The van der Waals surface area contributed by atoms with Crippen LogP contribution in [0.1, 0.15) is 43.6 Å². The van der Waals surface area contributed by atoms with Gasteiger partial charge in [0.2, 0.25) is 0 Å². The van der Waals surface area contributed by atoms with Crippen LogP contribution >= 0.6 is 0 Å². The molecule has 1 heterocycles. The van der Waals surface area contributed by atoms with Crippen LogP contribution in [0, 0.1) is 6.92 Å². The van der Waals surface area contributed by atoms with E-state index < -0.39 is 0 Å². The summed E-state index contributed by atoms with van der Waals surface area (Å²) in [5.41, 5.74) is 7.52. The number of ether oxygens (including phenoxy) is 1. The lowest BCUT2D eigenvalue weighted by atomic mass is 10.2. The van der Waals surface area contributed by atoms with Crippen molar-refractivity contribution in [1.29, 1.82) is 0 Å². The molecule has 0 radical (unpaired) electrons. The van der Waals surface area contributed by atoms with Crippen molar-refractivity contribution in [3.05, 3.63) is 23.3 Å². The zero-order valence-electron chi connectivity index (χ0n) is 10.4. The number of aromatic nitrogens is 2. The molecule has 0 amide bonds. The summed E-state index contributed by atoms with van der Waals surface area (Å²) in [6.45, 7) is 7.33. The van der Waals surface area contributed by atoms with Gasteiger partial charge in [0.1, 0.15) is 6.10 Å². The summed E-state index contributed by atoms with van der Waals surface area (Å²) in [5, 5.41) is 0. The Morgan fingerprint density at radius 3 is 2.69 bits per heavy atom. The Hall–Kier alpha value is -1.00. The predicted octanol–water partition coefficient (Wildman–Crippen LogP) is 1.77. The minimum atomic E-state index is 0.00132. The van der Waals surface area contributed by atoms with Crippen LogP contribution in [0.5, 0.6) is 0 Å². The molecule has 1 aromatic rings. The molecule has 4 nitrogen and oxygen atoms in total. The average Bonchev–Trinajstić information content (AvgIpc) is 2.25. The van der Waals surface area contributed by atoms with Crippen molar-refractivity contribution in [3.8, 4) is 0 Å². The van der Waals surface area contributed by atoms with E-state index in [0.717, 1.165) is 30.1 Å². The number of nitrogens with two attached hydrogens (primary N) is 1. The van der Waals surface area contributed by atoms with Gasteiger partial charge in [-0.1, -0.05) is 6.92 Å². The number of aryl methyl sites for hydroxylation is 1. The summed E-state index contributed by atoms with van der Waals surface area (Å²) in [6.07, 6.45) is 1.68. The van der Waals surface area contributed by atoms with Gasteiger partial charge in [-0.15, -0.1) is 0 Å². The van der Waals surface area contributed by atoms with Crippen LogP contribution in [-0.4, -0.2) is 23.1 Å². The summed E-state index contributed by atoms with van der Waals surface area (Å²) in [7, 11) is 0. The highest BCUT2D eigenvalue weighted by Gasteiger charge is 2.13. The molecule has 1 aromatic heterocycles. The number of rotatable bonds is 6. The maximum absolute atomic E-state index is 5.61. The SMILES string of the molecule is CCOC(CC)c1nc(C)cc(CCN)n1. The second-order valence-corrected chi connectivity index (χ2v) is 3.75. The summed E-state index contributed by atoms with van der Waals surface area (Å²) in [6, 6.07) is 1.98. The van der Waals surface area contributed by atoms with Crippen molar-refractivity contribution < 1.29 is 4.74 Å². The monoisotopic (exact) mass is 223 g/mol. The predicted molar refractivity (Wildman–Crippen MR) is 64.2 cm³/mol. The van der Waals surface area contributed by atoms with Crippen molar-refractivity contribution in [1.82, 2.24) is 9.97 Å². The first kappa shape index (κ1) is 13.1. The summed E-state index contributed by atoms with van der Waals surface area (Å²) in [4.78, 5) is 8.93. The molecule has 0 aromatic carbocycles. The molecule has 1 atom stereocenters. The normalized spacial score (nSPS) is 12.8. The third-order valence-corrected chi connectivity index (χ3v) is 2.35. The molecule has 0 aliphatic heterocycles. The van der Waals surface area contributed by atoms with Gasteiger partial charge in [-0.3, -0.25) is 0 Å². The van der Waals surface area contributed by atoms with E-state index in [0.29, 0.717) is 13.2 Å². The van der Waals surface area contributed by atoms with Gasteiger partial charge < -0.3 is 10.5 Å². The highest BCUT2D eigenvalue weighted by molar-refractivity contribution is 5.11. The lowest BCUT2D eigenvalue weighted by Crippen LogP contribution is -2.12. The van der Waals surface area contributed by atoms with Crippen LogP contribution in [0.15, 0.2) is 6.07 Å². The highest BCUT2D eigenvalue weighted by atomic mass is 16.5. The Morgan fingerprint density at radius 2 is 2.12 bits per heavy atom. The number of hydrogen-bond donors (Lipinski definition) is 1. The molecular weight excluding hydrogens is 202 g/mol. The molecular formula is C12H21N3O. The van der Waals surface area contributed by atoms with Gasteiger partial charge in [0.15, 0.2) is 5.82 Å². The van der Waals surface area contributed by atoms with E-state index in [1.807, 2.05) is 19.9 Å². The Bertz CT molecular complexity index is 328. The van der Waals surface area contributed by atoms with Crippen molar-refractivity contribution in [3.63, 3.8) is 0 Å². The molecule has 90 valence electrons. The number of hydrogen-bond acceptors (Lipinski definition) is 4. The van der Waals surface area contributed by atoms with Crippen LogP contribution in [0.25, 0.3) is 0 Å². The maximum atomic E-state index is 5.61. The van der Waals surface area contributed by atoms with Gasteiger partial charge in [0, 0.05) is 24.4 Å². The molecule has 0 spiro atoms. The van der Waals surface area contributed by atoms with E-state index in [1.165, 1.54) is 0 Å². The molecule has 0 aliphatic carbocycles. The van der Waals surface area contributed by atoms with Gasteiger partial charge in [0.25, 0.3) is 0 Å². The molecule has 0 bridgehead atoms. The first-order chi connectivity index (χ1) is 7.71. The van der Waals surface area contributed by atoms with Crippen LogP contribution in [-0.2, 0) is 11.2 Å². The van der Waals surface area contributed by atoms with E-state index in [1.54, 1.807) is 0 Å². The lowest BCUT2D eigenvalue weighted by Gasteiger charge is -2.14. The standard InChI is InChI=1S/C12H21N3O/c1-4-11(16-5-2)12-14-9(3)8-10(15-12)6-7-13/h8,11H,4-7,13H2,1-3H3. The largest absolute Gasteiger partial charge is 0.371 e. The van der Waals surface area contributed by atoms with E-state index in [-0.39, 0.29) is 6.10 Å². The van der Waals surface area contributed by atoms with Crippen LogP contribution in [0.3, 0.4) is 0 Å². The fourth-order valence-electron chi connectivity index (χ4n) is 1.65. The first-order valence-corrected chi connectivity index (χ1v) is 5.87. The fraction of sp³-hybridized carbons (Fsp3) is 0.667. The zero-order valence-corrected chi connectivity index (χ0v) is 10.4. The molecule has 4 heteroatoms. The van der Waals surface area contributed by atoms with E-state index in [9.17, 15) is 0 Å². The van der Waals surface area contributed by atoms with Crippen LogP contribution in [0.2, 0.25) is 0 Å². The summed E-state index contributed by atoms with van der Waals surface area (Å²) in [5.74, 6) is 0.785. The second kappa shape index (κ2) is 6.55. The molecule has 1 rings (SSSR count). The van der Waals surface area contributed by atoms with Crippen LogP contribution < -0.4 is 5.73 Å². The van der Waals surface area contributed by atoms with Gasteiger partial charge in [-0.25, -0.2) is 9.97 Å². The second-order valence-electron chi connectivity index (χ2n) is 3.75. The smallest absolute Gasteiger partial charge is 0.157 e. The van der Waals surface area contributed by atoms with E-state index in [4.69, 9.17) is 10.5 Å². The molecule has 0 aliphatic rings. The number of nitrogens with zero attached hydrogens (tertiary/aromatic N) is 2. The highest BCUT2D eigenvalue weighted by Crippen LogP contribution is 2.17.